The number of phenols is 1. The fraction of sp³-hybridized carbons (Fsp3) is 0.304. The summed E-state index contributed by atoms with van der Waals surface area (Å²) in [5.41, 5.74) is 2.75. The molecule has 0 aliphatic carbocycles. The van der Waals surface area contributed by atoms with E-state index in [1.807, 2.05) is 18.2 Å². The highest BCUT2D eigenvalue weighted by atomic mass is 16.5. The Hall–Kier alpha value is -3.88. The van der Waals surface area contributed by atoms with E-state index in [1.54, 1.807) is 25.1 Å². The largest absolute Gasteiger partial charge is 0.507 e. The number of aryl methyl sites for hydroxylation is 1. The number of fused-ring (bicyclic) bond motifs is 3. The van der Waals surface area contributed by atoms with Gasteiger partial charge in [0.15, 0.2) is 5.82 Å². The second-order valence-electron chi connectivity index (χ2n) is 8.54. The molecule has 32 heavy (non-hydrogen) atoms. The van der Waals surface area contributed by atoms with E-state index in [0.717, 1.165) is 12.1 Å². The zero-order valence-corrected chi connectivity index (χ0v) is 17.7. The molecule has 2 aliphatic rings. The van der Waals surface area contributed by atoms with Gasteiger partial charge in [0.1, 0.15) is 11.9 Å². The number of phenolic OH excluding ortho intramolecular Hbond substituents is 1. The molecule has 0 amide bonds. The Kier molecular flexibility index (Phi) is 4.61. The Morgan fingerprint density at radius 1 is 1.28 bits per heavy atom. The van der Waals surface area contributed by atoms with E-state index in [0.29, 0.717) is 41.6 Å². The zero-order chi connectivity index (χ0) is 22.5. The van der Waals surface area contributed by atoms with Gasteiger partial charge in [-0.1, -0.05) is 12.1 Å². The Labute approximate surface area is 184 Å². The smallest absolute Gasteiger partial charge is 0.337 e. The van der Waals surface area contributed by atoms with Gasteiger partial charge >= 0.3 is 5.97 Å². The van der Waals surface area contributed by atoms with E-state index in [4.69, 9.17) is 9.84 Å². The number of hydrogen-bond acceptors (Lipinski definition) is 8. The maximum atomic E-state index is 11.2. The van der Waals surface area contributed by atoms with E-state index < -0.39 is 5.97 Å². The molecule has 9 nitrogen and oxygen atoms in total. The summed E-state index contributed by atoms with van der Waals surface area (Å²) in [6, 6.07) is 10.6. The minimum Gasteiger partial charge on any atom is -0.507 e. The molecule has 1 aromatic carbocycles. The van der Waals surface area contributed by atoms with Crippen molar-refractivity contribution in [3.63, 3.8) is 0 Å². The lowest BCUT2D eigenvalue weighted by Gasteiger charge is -2.41. The van der Waals surface area contributed by atoms with Gasteiger partial charge in [-0.25, -0.2) is 9.78 Å². The van der Waals surface area contributed by atoms with Crippen LogP contribution in [0.15, 0.2) is 42.6 Å². The van der Waals surface area contributed by atoms with Gasteiger partial charge < -0.3 is 25.2 Å². The predicted octanol–water partition coefficient (Wildman–Crippen LogP) is 3.09. The van der Waals surface area contributed by atoms with E-state index in [-0.39, 0.29) is 23.0 Å². The Bertz CT molecular complexity index is 1220. The van der Waals surface area contributed by atoms with Crippen LogP contribution in [0.1, 0.15) is 29.3 Å². The quantitative estimate of drug-likeness (QED) is 0.570. The lowest BCUT2D eigenvalue weighted by molar-refractivity contribution is 0.0696. The lowest BCUT2D eigenvalue weighted by atomic mass is 9.95. The van der Waals surface area contributed by atoms with Gasteiger partial charge in [-0.2, -0.15) is 0 Å². The van der Waals surface area contributed by atoms with Crippen molar-refractivity contribution in [3.8, 4) is 22.9 Å². The number of anilines is 2. The summed E-state index contributed by atoms with van der Waals surface area (Å²) in [7, 11) is 0. The molecule has 2 aromatic heterocycles. The van der Waals surface area contributed by atoms with Crippen LogP contribution in [0.3, 0.4) is 0 Å². The summed E-state index contributed by atoms with van der Waals surface area (Å²) >= 11 is 0. The van der Waals surface area contributed by atoms with Gasteiger partial charge in [-0.3, -0.25) is 0 Å². The molecule has 3 aromatic rings. The number of nitrogens with one attached hydrogen (secondary N) is 1. The molecule has 3 N–H and O–H groups in total. The van der Waals surface area contributed by atoms with E-state index in [2.05, 4.69) is 32.3 Å². The number of ether oxygens (including phenoxy) is 1. The molecule has 0 saturated carbocycles. The second kappa shape index (κ2) is 7.37. The molecule has 4 heterocycles. The van der Waals surface area contributed by atoms with E-state index >= 15 is 0 Å². The third-order valence-electron chi connectivity index (χ3n) is 6.14. The number of carbonyl (C=O) groups is 1. The van der Waals surface area contributed by atoms with Crippen molar-refractivity contribution in [3.05, 3.63) is 53.7 Å². The van der Waals surface area contributed by atoms with Crippen molar-refractivity contribution < 1.29 is 19.7 Å². The minimum atomic E-state index is -1.01. The van der Waals surface area contributed by atoms with Gasteiger partial charge in [0.05, 0.1) is 29.0 Å². The SMILES string of the molecule is Cc1cc(C(=O)O)cnc1O[C@H]1CN2c3cc(-c4ccccc4O)nnc3NC[C@]2(C)C1. The maximum absolute atomic E-state index is 11.2. The number of hydrogen-bond donors (Lipinski definition) is 3. The number of aromatic carboxylic acids is 1. The van der Waals surface area contributed by atoms with Gasteiger partial charge in [-0.05, 0) is 38.1 Å². The molecule has 5 rings (SSSR count). The number of aromatic hydroxyl groups is 1. The molecule has 0 unspecified atom stereocenters. The van der Waals surface area contributed by atoms with Crippen LogP contribution in [0.5, 0.6) is 11.6 Å². The highest BCUT2D eigenvalue weighted by molar-refractivity contribution is 5.87. The molecule has 9 heteroatoms. The second-order valence-corrected chi connectivity index (χ2v) is 8.54. The molecule has 2 aliphatic heterocycles. The first-order valence-electron chi connectivity index (χ1n) is 10.4. The van der Waals surface area contributed by atoms with E-state index in [9.17, 15) is 9.90 Å². The summed E-state index contributed by atoms with van der Waals surface area (Å²) in [6.07, 6.45) is 1.95. The van der Waals surface area contributed by atoms with Crippen molar-refractivity contribution >= 4 is 17.5 Å². The highest BCUT2D eigenvalue weighted by Crippen LogP contribution is 2.43. The molecule has 164 valence electrons. The molecule has 1 fully saturated rings. The summed E-state index contributed by atoms with van der Waals surface area (Å²) < 4.78 is 6.20. The number of carboxylic acids is 1. The molecule has 0 bridgehead atoms. The lowest BCUT2D eigenvalue weighted by Crippen LogP contribution is -2.50. The van der Waals surface area contributed by atoms with Crippen molar-refractivity contribution in [1.29, 1.82) is 0 Å². The Morgan fingerprint density at radius 2 is 2.09 bits per heavy atom. The zero-order valence-electron chi connectivity index (χ0n) is 17.7. The van der Waals surface area contributed by atoms with Crippen molar-refractivity contribution in [2.45, 2.75) is 31.9 Å². The normalized spacial score (nSPS) is 21.4. The van der Waals surface area contributed by atoms with Crippen LogP contribution in [-0.4, -0.2) is 56.1 Å². The first kappa shape index (κ1) is 20.0. The molecular weight excluding hydrogens is 410 g/mol. The first-order chi connectivity index (χ1) is 15.3. The number of carboxylic acid groups (broad SMARTS) is 1. The van der Waals surface area contributed by atoms with Gasteiger partial charge in [0, 0.05) is 30.3 Å². The van der Waals surface area contributed by atoms with Crippen molar-refractivity contribution in [2.75, 3.05) is 23.3 Å². The minimum absolute atomic E-state index is 0.128. The fourth-order valence-electron chi connectivity index (χ4n) is 4.49. The monoisotopic (exact) mass is 433 g/mol. The number of rotatable bonds is 4. The standard InChI is InChI=1S/C23H23N5O4/c1-13-7-14(22(30)31)10-24-21(13)32-15-9-23(2)12-25-20-18(28(23)11-15)8-17(26-27-20)16-5-3-4-6-19(16)29/h3-8,10,15,29H,9,11-12H2,1-2H3,(H,25,27)(H,30,31)/t15-,23+/m1/s1. The van der Waals surface area contributed by atoms with Crippen molar-refractivity contribution in [2.24, 2.45) is 0 Å². The van der Waals surface area contributed by atoms with Crippen LogP contribution in [-0.2, 0) is 0 Å². The number of benzene rings is 1. The molecule has 2 atom stereocenters. The fourth-order valence-corrected chi connectivity index (χ4v) is 4.49. The third-order valence-corrected chi connectivity index (χ3v) is 6.14. The summed E-state index contributed by atoms with van der Waals surface area (Å²) in [5.74, 6) is 0.283. The molecule has 0 radical (unpaired) electrons. The first-order valence-corrected chi connectivity index (χ1v) is 10.4. The maximum Gasteiger partial charge on any atom is 0.337 e. The average molecular weight is 433 g/mol. The topological polar surface area (TPSA) is 121 Å². The Balaban J connectivity index is 1.43. The number of aromatic nitrogens is 3. The number of nitrogens with zero attached hydrogens (tertiary/aromatic N) is 4. The summed E-state index contributed by atoms with van der Waals surface area (Å²) in [6.45, 7) is 5.28. The number of pyridine rings is 1. The van der Waals surface area contributed by atoms with Crippen LogP contribution in [0, 0.1) is 6.92 Å². The highest BCUT2D eigenvalue weighted by Gasteiger charge is 2.47. The summed E-state index contributed by atoms with van der Waals surface area (Å²) in [5, 5.41) is 31.4. The van der Waals surface area contributed by atoms with Gasteiger partial charge in [0.25, 0.3) is 0 Å². The Morgan fingerprint density at radius 3 is 2.84 bits per heavy atom. The molecule has 1 saturated heterocycles. The van der Waals surface area contributed by atoms with Crippen LogP contribution in [0.25, 0.3) is 11.3 Å². The van der Waals surface area contributed by atoms with Gasteiger partial charge in [-0.15, -0.1) is 10.2 Å². The van der Waals surface area contributed by atoms with Crippen LogP contribution in [0.2, 0.25) is 0 Å². The third kappa shape index (κ3) is 3.35. The van der Waals surface area contributed by atoms with Crippen LogP contribution < -0.4 is 15.0 Å². The average Bonchev–Trinajstić information content (AvgIpc) is 3.11. The molecule has 0 spiro atoms. The predicted molar refractivity (Wildman–Crippen MR) is 118 cm³/mol. The van der Waals surface area contributed by atoms with E-state index in [1.165, 1.54) is 6.20 Å². The summed E-state index contributed by atoms with van der Waals surface area (Å²) in [4.78, 5) is 17.7. The molecular formula is C23H23N5O4. The van der Waals surface area contributed by atoms with Crippen LogP contribution in [0.4, 0.5) is 11.5 Å². The van der Waals surface area contributed by atoms with Crippen LogP contribution >= 0.6 is 0 Å². The van der Waals surface area contributed by atoms with Gasteiger partial charge in [0.2, 0.25) is 5.88 Å². The van der Waals surface area contributed by atoms with Crippen molar-refractivity contribution in [1.82, 2.24) is 15.2 Å². The number of para-hydroxylation sites is 1.